The summed E-state index contributed by atoms with van der Waals surface area (Å²) in [7, 11) is 0. The lowest BCUT2D eigenvalue weighted by Gasteiger charge is -2.36. The van der Waals surface area contributed by atoms with Crippen molar-refractivity contribution in [3.05, 3.63) is 12.2 Å². The van der Waals surface area contributed by atoms with Gasteiger partial charge < -0.3 is 30.2 Å². The minimum atomic E-state index is -1.06. The summed E-state index contributed by atoms with van der Waals surface area (Å²) in [5.41, 5.74) is -1.30. The Morgan fingerprint density at radius 3 is 2.50 bits per heavy atom. The molecule has 0 bridgehead atoms. The summed E-state index contributed by atoms with van der Waals surface area (Å²) < 4.78 is 17.2. The highest BCUT2D eigenvalue weighted by Crippen LogP contribution is 2.26. The van der Waals surface area contributed by atoms with Gasteiger partial charge in [-0.2, -0.15) is 0 Å². The maximum atomic E-state index is 12.8. The van der Waals surface area contributed by atoms with Crippen molar-refractivity contribution in [2.75, 3.05) is 52.7 Å². The molecule has 0 saturated carbocycles. The van der Waals surface area contributed by atoms with Gasteiger partial charge in [-0.3, -0.25) is 9.59 Å². The van der Waals surface area contributed by atoms with E-state index in [9.17, 15) is 9.59 Å². The molecule has 2 rings (SSSR count). The number of rotatable bonds is 0. The molecule has 2 unspecified atom stereocenters. The van der Waals surface area contributed by atoms with Crippen molar-refractivity contribution in [1.29, 1.82) is 0 Å². The monoisotopic (exact) mass is 397 g/mol. The number of amides is 2. The number of ether oxygens (including phenoxy) is 3. The summed E-state index contributed by atoms with van der Waals surface area (Å²) in [6, 6.07) is -0.219. The lowest BCUT2D eigenvalue weighted by molar-refractivity contribution is -0.160. The van der Waals surface area contributed by atoms with Crippen LogP contribution in [0.1, 0.15) is 27.7 Å². The molecular weight excluding hydrogens is 362 g/mol. The van der Waals surface area contributed by atoms with Gasteiger partial charge >= 0.3 is 0 Å². The number of morpholine rings is 1. The van der Waals surface area contributed by atoms with E-state index in [-0.39, 0.29) is 35.8 Å². The van der Waals surface area contributed by atoms with E-state index in [4.69, 9.17) is 14.2 Å². The molecule has 2 heterocycles. The maximum absolute atomic E-state index is 12.8. The molecule has 0 aliphatic carbocycles. The van der Waals surface area contributed by atoms with E-state index in [1.165, 1.54) is 0 Å². The molecule has 0 aromatic carbocycles. The maximum Gasteiger partial charge on any atom is 0.256 e. The lowest BCUT2D eigenvalue weighted by Crippen LogP contribution is -2.62. The fraction of sp³-hybridized carbons (Fsp3) is 0.800. The highest BCUT2D eigenvalue weighted by molar-refractivity contribution is 5.86. The Balaban J connectivity index is 2.10. The van der Waals surface area contributed by atoms with Gasteiger partial charge in [0, 0.05) is 25.7 Å². The molecule has 1 spiro atoms. The molecule has 2 aliphatic heterocycles. The standard InChI is InChI=1S/C20H35N3O5/c1-15-11-22-18(25)20(13-21-7-10-28-20)14-27-9-6-5-8-26-12-16(17(24)23-15)19(2,3)4/h5-6,15-16,21H,7-14H2,1-4H3,(H,22,25)(H,23,24)/b6-5+/t15-,16?,20?/m1/s1. The zero-order valence-corrected chi connectivity index (χ0v) is 17.5. The minimum Gasteiger partial charge on any atom is -0.377 e. The number of carbonyl (C=O) groups excluding carboxylic acids is 2. The summed E-state index contributed by atoms with van der Waals surface area (Å²) in [5, 5.41) is 9.09. The summed E-state index contributed by atoms with van der Waals surface area (Å²) in [6.07, 6.45) is 3.71. The first-order valence-corrected chi connectivity index (χ1v) is 9.98. The smallest absolute Gasteiger partial charge is 0.256 e. The van der Waals surface area contributed by atoms with E-state index in [2.05, 4.69) is 16.0 Å². The summed E-state index contributed by atoms with van der Waals surface area (Å²) in [5.74, 6) is -0.591. The normalized spacial score (nSPS) is 33.1. The minimum absolute atomic E-state index is 0.0704. The average Bonchev–Trinajstić information content (AvgIpc) is 2.63. The van der Waals surface area contributed by atoms with Crippen molar-refractivity contribution in [1.82, 2.24) is 16.0 Å². The topological polar surface area (TPSA) is 97.9 Å². The molecule has 2 aliphatic rings. The van der Waals surface area contributed by atoms with Crippen LogP contribution >= 0.6 is 0 Å². The molecule has 160 valence electrons. The first-order valence-electron chi connectivity index (χ1n) is 9.98. The zero-order valence-electron chi connectivity index (χ0n) is 17.5. The molecule has 1 fully saturated rings. The Bertz CT molecular complexity index is 553. The van der Waals surface area contributed by atoms with Gasteiger partial charge in [-0.05, 0) is 12.3 Å². The van der Waals surface area contributed by atoms with E-state index in [1.54, 1.807) is 0 Å². The van der Waals surface area contributed by atoms with Gasteiger partial charge in [-0.1, -0.05) is 32.9 Å². The van der Waals surface area contributed by atoms with Crippen molar-refractivity contribution in [3.8, 4) is 0 Å². The molecule has 3 atom stereocenters. The molecule has 2 amide bonds. The number of hydrogen-bond donors (Lipinski definition) is 3. The van der Waals surface area contributed by atoms with Gasteiger partial charge in [0.1, 0.15) is 0 Å². The van der Waals surface area contributed by atoms with Gasteiger partial charge in [-0.15, -0.1) is 0 Å². The van der Waals surface area contributed by atoms with Crippen LogP contribution in [0.25, 0.3) is 0 Å². The average molecular weight is 398 g/mol. The summed E-state index contributed by atoms with van der Waals surface area (Å²) >= 11 is 0. The van der Waals surface area contributed by atoms with Crippen LogP contribution in [0.2, 0.25) is 0 Å². The van der Waals surface area contributed by atoms with E-state index >= 15 is 0 Å². The number of nitrogens with one attached hydrogen (secondary N) is 3. The van der Waals surface area contributed by atoms with Gasteiger partial charge in [-0.25, -0.2) is 0 Å². The van der Waals surface area contributed by atoms with Crippen LogP contribution in [0.4, 0.5) is 0 Å². The van der Waals surface area contributed by atoms with Gasteiger partial charge in [0.15, 0.2) is 5.60 Å². The second kappa shape index (κ2) is 10.3. The highest BCUT2D eigenvalue weighted by Gasteiger charge is 2.41. The molecule has 0 aromatic rings. The highest BCUT2D eigenvalue weighted by atomic mass is 16.5. The van der Waals surface area contributed by atoms with Gasteiger partial charge in [0.05, 0.1) is 39.0 Å². The van der Waals surface area contributed by atoms with Gasteiger partial charge in [0.25, 0.3) is 5.91 Å². The van der Waals surface area contributed by atoms with Crippen LogP contribution in [-0.4, -0.2) is 76.1 Å². The van der Waals surface area contributed by atoms with Crippen molar-refractivity contribution in [3.63, 3.8) is 0 Å². The Morgan fingerprint density at radius 2 is 1.86 bits per heavy atom. The Hall–Kier alpha value is -1.48. The van der Waals surface area contributed by atoms with Crippen LogP contribution in [0.3, 0.4) is 0 Å². The van der Waals surface area contributed by atoms with Crippen LogP contribution in [0.15, 0.2) is 12.2 Å². The summed E-state index contributed by atoms with van der Waals surface area (Å²) in [4.78, 5) is 25.6. The molecule has 3 N–H and O–H groups in total. The fourth-order valence-electron chi connectivity index (χ4n) is 3.17. The van der Waals surface area contributed by atoms with Crippen LogP contribution in [-0.2, 0) is 23.8 Å². The molecule has 28 heavy (non-hydrogen) atoms. The third-order valence-corrected chi connectivity index (χ3v) is 5.02. The van der Waals surface area contributed by atoms with E-state index in [0.29, 0.717) is 46.1 Å². The Morgan fingerprint density at radius 1 is 1.14 bits per heavy atom. The van der Waals surface area contributed by atoms with Crippen molar-refractivity contribution >= 4 is 11.8 Å². The van der Waals surface area contributed by atoms with E-state index in [1.807, 2.05) is 39.8 Å². The predicted molar refractivity (Wildman–Crippen MR) is 106 cm³/mol. The van der Waals surface area contributed by atoms with E-state index in [0.717, 1.165) is 0 Å². The second-order valence-corrected chi connectivity index (χ2v) is 8.58. The Kier molecular flexibility index (Phi) is 8.42. The quantitative estimate of drug-likeness (QED) is 0.507. The molecule has 8 heteroatoms. The fourth-order valence-corrected chi connectivity index (χ4v) is 3.17. The third-order valence-electron chi connectivity index (χ3n) is 5.02. The molecule has 0 radical (unpaired) electrons. The van der Waals surface area contributed by atoms with Crippen LogP contribution in [0, 0.1) is 11.3 Å². The zero-order chi connectivity index (χ0) is 20.6. The molecule has 0 aromatic heterocycles. The summed E-state index contributed by atoms with van der Waals surface area (Å²) in [6.45, 7) is 11.0. The molecule has 8 nitrogen and oxygen atoms in total. The van der Waals surface area contributed by atoms with Gasteiger partial charge in [0.2, 0.25) is 5.91 Å². The third kappa shape index (κ3) is 6.55. The van der Waals surface area contributed by atoms with Crippen LogP contribution in [0.5, 0.6) is 0 Å². The van der Waals surface area contributed by atoms with Crippen molar-refractivity contribution < 1.29 is 23.8 Å². The number of carbonyl (C=O) groups is 2. The first-order chi connectivity index (χ1) is 13.2. The second-order valence-electron chi connectivity index (χ2n) is 8.58. The van der Waals surface area contributed by atoms with Crippen molar-refractivity contribution in [2.45, 2.75) is 39.3 Å². The molecule has 1 saturated heterocycles. The van der Waals surface area contributed by atoms with Crippen LogP contribution < -0.4 is 16.0 Å². The first kappa shape index (κ1) is 22.8. The SMILES string of the molecule is C[C@@H]1CNC(=O)C2(CNCCO2)COC/C=C/COCC(C(C)(C)C)C(=O)N1. The number of hydrogen-bond acceptors (Lipinski definition) is 6. The van der Waals surface area contributed by atoms with E-state index < -0.39 is 5.60 Å². The molecular formula is C20H35N3O5. The Labute approximate surface area is 167 Å². The largest absolute Gasteiger partial charge is 0.377 e. The van der Waals surface area contributed by atoms with Crippen molar-refractivity contribution in [2.24, 2.45) is 11.3 Å². The predicted octanol–water partition coefficient (Wildman–Crippen LogP) is 0.231. The lowest BCUT2D eigenvalue weighted by atomic mass is 9.80.